The van der Waals surface area contributed by atoms with Gasteiger partial charge in [0, 0.05) is 17.8 Å². The van der Waals surface area contributed by atoms with Crippen molar-refractivity contribution in [2.75, 3.05) is 0 Å². The zero-order chi connectivity index (χ0) is 12.5. The van der Waals surface area contributed by atoms with Crippen molar-refractivity contribution in [3.63, 3.8) is 0 Å². The number of nitrogens with zero attached hydrogens (tertiary/aromatic N) is 1. The molecule has 1 aliphatic carbocycles. The molecule has 0 saturated heterocycles. The summed E-state index contributed by atoms with van der Waals surface area (Å²) >= 11 is 0. The second-order valence-electron chi connectivity index (χ2n) is 4.96. The van der Waals surface area contributed by atoms with Gasteiger partial charge in [0.15, 0.2) is 0 Å². The van der Waals surface area contributed by atoms with Crippen LogP contribution in [0.2, 0.25) is 0 Å². The van der Waals surface area contributed by atoms with E-state index in [9.17, 15) is 5.11 Å². The quantitative estimate of drug-likeness (QED) is 0.881. The molecule has 0 spiro atoms. The first-order valence-corrected chi connectivity index (χ1v) is 6.43. The van der Waals surface area contributed by atoms with Crippen molar-refractivity contribution in [3.8, 4) is 0 Å². The van der Waals surface area contributed by atoms with Crippen LogP contribution in [0.1, 0.15) is 47.4 Å². The Morgan fingerprint density at radius 3 is 3.11 bits per heavy atom. The van der Waals surface area contributed by atoms with Gasteiger partial charge in [0.2, 0.25) is 0 Å². The predicted octanol–water partition coefficient (Wildman–Crippen LogP) is 3.14. The number of aromatic nitrogens is 1. The molecule has 2 aromatic heterocycles. The van der Waals surface area contributed by atoms with E-state index in [0.717, 1.165) is 30.5 Å². The molecule has 0 radical (unpaired) electrons. The minimum atomic E-state index is -0.589. The molecule has 2 heterocycles. The number of aryl methyl sites for hydroxylation is 2. The van der Waals surface area contributed by atoms with Crippen LogP contribution in [0.15, 0.2) is 35.1 Å². The summed E-state index contributed by atoms with van der Waals surface area (Å²) in [6, 6.07) is 5.96. The molecule has 3 nitrogen and oxygen atoms in total. The minimum Gasteiger partial charge on any atom is -0.466 e. The number of pyridine rings is 1. The van der Waals surface area contributed by atoms with Gasteiger partial charge in [-0.05, 0) is 49.4 Å². The van der Waals surface area contributed by atoms with Crippen molar-refractivity contribution in [3.05, 3.63) is 53.2 Å². The number of fused-ring (bicyclic) bond motifs is 1. The molecule has 3 heteroatoms. The van der Waals surface area contributed by atoms with E-state index in [1.165, 1.54) is 5.56 Å². The lowest BCUT2D eigenvalue weighted by molar-refractivity contribution is 0.109. The number of aliphatic hydroxyl groups excluding tert-OH is 1. The summed E-state index contributed by atoms with van der Waals surface area (Å²) in [6.07, 6.45) is 5.97. The third-order valence-electron chi connectivity index (χ3n) is 3.79. The highest BCUT2D eigenvalue weighted by atomic mass is 16.4. The topological polar surface area (TPSA) is 46.3 Å². The molecule has 18 heavy (non-hydrogen) atoms. The molecule has 0 saturated carbocycles. The SMILES string of the molecule is Cc1ccoc1C(O)C1CCCc2cccnc21. The fourth-order valence-corrected chi connectivity index (χ4v) is 2.82. The summed E-state index contributed by atoms with van der Waals surface area (Å²) < 4.78 is 5.42. The Hall–Kier alpha value is -1.61. The average molecular weight is 243 g/mol. The Morgan fingerprint density at radius 2 is 2.33 bits per heavy atom. The number of furan rings is 1. The lowest BCUT2D eigenvalue weighted by atomic mass is 9.82. The highest BCUT2D eigenvalue weighted by molar-refractivity contribution is 5.29. The van der Waals surface area contributed by atoms with Crippen molar-refractivity contribution in [1.29, 1.82) is 0 Å². The van der Waals surface area contributed by atoms with Crippen LogP contribution in [0.25, 0.3) is 0 Å². The van der Waals surface area contributed by atoms with Gasteiger partial charge >= 0.3 is 0 Å². The van der Waals surface area contributed by atoms with Gasteiger partial charge in [0.05, 0.1) is 6.26 Å². The van der Waals surface area contributed by atoms with Gasteiger partial charge in [0.1, 0.15) is 11.9 Å². The van der Waals surface area contributed by atoms with Gasteiger partial charge in [-0.1, -0.05) is 6.07 Å². The van der Waals surface area contributed by atoms with Crippen LogP contribution < -0.4 is 0 Å². The highest BCUT2D eigenvalue weighted by Crippen LogP contribution is 2.40. The van der Waals surface area contributed by atoms with Crippen LogP contribution in [-0.4, -0.2) is 10.1 Å². The van der Waals surface area contributed by atoms with Gasteiger partial charge in [-0.3, -0.25) is 4.98 Å². The molecular formula is C15H17NO2. The molecule has 2 unspecified atom stereocenters. The zero-order valence-corrected chi connectivity index (χ0v) is 10.5. The zero-order valence-electron chi connectivity index (χ0n) is 10.5. The molecule has 0 bridgehead atoms. The van der Waals surface area contributed by atoms with Crippen molar-refractivity contribution >= 4 is 0 Å². The first kappa shape index (κ1) is 11.5. The lowest BCUT2D eigenvalue weighted by Crippen LogP contribution is -2.18. The van der Waals surface area contributed by atoms with Crippen LogP contribution >= 0.6 is 0 Å². The predicted molar refractivity (Wildman–Crippen MR) is 68.3 cm³/mol. The van der Waals surface area contributed by atoms with E-state index in [0.29, 0.717) is 5.76 Å². The van der Waals surface area contributed by atoms with E-state index in [1.807, 2.05) is 19.1 Å². The Morgan fingerprint density at radius 1 is 1.44 bits per heavy atom. The molecule has 1 N–H and O–H groups in total. The van der Waals surface area contributed by atoms with Gasteiger partial charge in [-0.2, -0.15) is 0 Å². The molecule has 2 atom stereocenters. The average Bonchev–Trinajstić information content (AvgIpc) is 2.83. The molecule has 1 aliphatic rings. The van der Waals surface area contributed by atoms with Gasteiger partial charge in [-0.15, -0.1) is 0 Å². The maximum atomic E-state index is 10.5. The van der Waals surface area contributed by atoms with E-state index >= 15 is 0 Å². The smallest absolute Gasteiger partial charge is 0.135 e. The molecule has 0 fully saturated rings. The van der Waals surface area contributed by atoms with Crippen molar-refractivity contribution < 1.29 is 9.52 Å². The summed E-state index contributed by atoms with van der Waals surface area (Å²) in [5.41, 5.74) is 3.30. The van der Waals surface area contributed by atoms with E-state index in [1.54, 1.807) is 12.5 Å². The summed E-state index contributed by atoms with van der Waals surface area (Å²) in [5, 5.41) is 10.5. The maximum absolute atomic E-state index is 10.5. The van der Waals surface area contributed by atoms with E-state index in [-0.39, 0.29) is 5.92 Å². The monoisotopic (exact) mass is 243 g/mol. The molecule has 94 valence electrons. The van der Waals surface area contributed by atoms with Crippen LogP contribution in [0, 0.1) is 6.92 Å². The lowest BCUT2D eigenvalue weighted by Gasteiger charge is -2.27. The number of hydrogen-bond acceptors (Lipinski definition) is 3. The maximum Gasteiger partial charge on any atom is 0.135 e. The van der Waals surface area contributed by atoms with Crippen LogP contribution in [0.5, 0.6) is 0 Å². The van der Waals surface area contributed by atoms with Gasteiger partial charge < -0.3 is 9.52 Å². The van der Waals surface area contributed by atoms with Gasteiger partial charge in [0.25, 0.3) is 0 Å². The third kappa shape index (κ3) is 1.85. The first-order chi connectivity index (χ1) is 8.77. The summed E-state index contributed by atoms with van der Waals surface area (Å²) in [7, 11) is 0. The Kier molecular flexibility index (Phi) is 2.92. The number of aliphatic hydroxyl groups is 1. The fraction of sp³-hybridized carbons (Fsp3) is 0.400. The third-order valence-corrected chi connectivity index (χ3v) is 3.79. The molecule has 3 rings (SSSR count). The molecule has 0 aromatic carbocycles. The largest absolute Gasteiger partial charge is 0.466 e. The second kappa shape index (κ2) is 4.58. The standard InChI is InChI=1S/C15H17NO2/c1-10-7-9-18-15(10)14(17)12-6-2-4-11-5-3-8-16-13(11)12/h3,5,7-9,12,14,17H,2,4,6H2,1H3. The number of hydrogen-bond donors (Lipinski definition) is 1. The van der Waals surface area contributed by atoms with Crippen molar-refractivity contribution in [2.45, 2.75) is 38.2 Å². The van der Waals surface area contributed by atoms with Crippen molar-refractivity contribution in [1.82, 2.24) is 4.98 Å². The molecular weight excluding hydrogens is 226 g/mol. The molecule has 0 amide bonds. The van der Waals surface area contributed by atoms with E-state index in [4.69, 9.17) is 4.42 Å². The Balaban J connectivity index is 1.97. The van der Waals surface area contributed by atoms with Gasteiger partial charge in [-0.25, -0.2) is 0 Å². The highest BCUT2D eigenvalue weighted by Gasteiger charge is 2.31. The van der Waals surface area contributed by atoms with E-state index < -0.39 is 6.10 Å². The number of rotatable bonds is 2. The second-order valence-corrected chi connectivity index (χ2v) is 4.96. The fourth-order valence-electron chi connectivity index (χ4n) is 2.82. The van der Waals surface area contributed by atoms with Crippen molar-refractivity contribution in [2.24, 2.45) is 0 Å². The summed E-state index contributed by atoms with van der Waals surface area (Å²) in [5.74, 6) is 0.735. The van der Waals surface area contributed by atoms with E-state index in [2.05, 4.69) is 11.1 Å². The molecule has 2 aromatic rings. The van der Waals surface area contributed by atoms with Crippen LogP contribution in [0.3, 0.4) is 0 Å². The van der Waals surface area contributed by atoms with Crippen LogP contribution in [-0.2, 0) is 6.42 Å². The Bertz CT molecular complexity index is 547. The summed E-state index contributed by atoms with van der Waals surface area (Å²) in [4.78, 5) is 4.46. The minimum absolute atomic E-state index is 0.0554. The van der Waals surface area contributed by atoms with Crippen LogP contribution in [0.4, 0.5) is 0 Å². The first-order valence-electron chi connectivity index (χ1n) is 6.43. The summed E-state index contributed by atoms with van der Waals surface area (Å²) in [6.45, 7) is 1.96. The normalized spacial score (nSPS) is 20.4. The molecule has 0 aliphatic heterocycles. The Labute approximate surface area is 106 Å².